The first-order valence-electron chi connectivity index (χ1n) is 5.79. The van der Waals surface area contributed by atoms with E-state index < -0.39 is 0 Å². The van der Waals surface area contributed by atoms with Gasteiger partial charge in [0.15, 0.2) is 0 Å². The molecule has 1 N–H and O–H groups in total. The van der Waals surface area contributed by atoms with E-state index in [-0.39, 0.29) is 5.91 Å². The number of pyridine rings is 1. The number of nitrogens with one attached hydrogen (secondary N) is 1. The van der Waals surface area contributed by atoms with E-state index in [2.05, 4.69) is 29.1 Å². The molecule has 0 aliphatic rings. The van der Waals surface area contributed by atoms with Gasteiger partial charge >= 0.3 is 0 Å². The summed E-state index contributed by atoms with van der Waals surface area (Å²) < 4.78 is 0. The second-order valence-electron chi connectivity index (χ2n) is 4.27. The van der Waals surface area contributed by atoms with Gasteiger partial charge in [-0.15, -0.1) is 11.3 Å². The number of nitrogens with zero attached hydrogens (tertiary/aromatic N) is 2. The standard InChI is InChI=1S/C13H15N3OS/c1-9(2)13-16-11(8-18-13)12(17)15-7-10-4-3-5-14-6-10/h3-6,8-9H,7H2,1-2H3,(H,15,17). The topological polar surface area (TPSA) is 54.9 Å². The van der Waals surface area contributed by atoms with Crippen molar-refractivity contribution >= 4 is 17.2 Å². The fourth-order valence-corrected chi connectivity index (χ4v) is 2.25. The van der Waals surface area contributed by atoms with Gasteiger partial charge in [0.05, 0.1) is 5.01 Å². The van der Waals surface area contributed by atoms with Crippen LogP contribution in [0.3, 0.4) is 0 Å². The Kier molecular flexibility index (Phi) is 4.04. The zero-order valence-electron chi connectivity index (χ0n) is 10.4. The van der Waals surface area contributed by atoms with Crippen molar-refractivity contribution in [2.45, 2.75) is 26.3 Å². The Morgan fingerprint density at radius 1 is 1.50 bits per heavy atom. The van der Waals surface area contributed by atoms with Crippen LogP contribution in [0.25, 0.3) is 0 Å². The number of carbonyl (C=O) groups excluding carboxylic acids is 1. The Hall–Kier alpha value is -1.75. The lowest BCUT2D eigenvalue weighted by molar-refractivity contribution is 0.0946. The molecule has 0 atom stereocenters. The van der Waals surface area contributed by atoms with Gasteiger partial charge in [-0.2, -0.15) is 0 Å². The minimum absolute atomic E-state index is 0.137. The number of thiazole rings is 1. The van der Waals surface area contributed by atoms with E-state index in [1.165, 1.54) is 11.3 Å². The molecule has 2 heterocycles. The molecule has 0 aliphatic heterocycles. The maximum absolute atomic E-state index is 11.9. The first kappa shape index (κ1) is 12.7. The van der Waals surface area contributed by atoms with Crippen LogP contribution in [0.5, 0.6) is 0 Å². The zero-order chi connectivity index (χ0) is 13.0. The highest BCUT2D eigenvalue weighted by Gasteiger charge is 2.11. The second-order valence-corrected chi connectivity index (χ2v) is 5.16. The van der Waals surface area contributed by atoms with E-state index in [0.717, 1.165) is 10.6 Å². The largest absolute Gasteiger partial charge is 0.347 e. The van der Waals surface area contributed by atoms with Crippen molar-refractivity contribution in [3.63, 3.8) is 0 Å². The average molecular weight is 261 g/mol. The first-order valence-corrected chi connectivity index (χ1v) is 6.67. The van der Waals surface area contributed by atoms with Crippen molar-refractivity contribution in [2.24, 2.45) is 0 Å². The quantitative estimate of drug-likeness (QED) is 0.920. The molecule has 94 valence electrons. The van der Waals surface area contributed by atoms with E-state index >= 15 is 0 Å². The van der Waals surface area contributed by atoms with Crippen molar-refractivity contribution in [1.29, 1.82) is 0 Å². The third-order valence-electron chi connectivity index (χ3n) is 2.42. The number of aromatic nitrogens is 2. The maximum atomic E-state index is 11.9. The molecule has 0 spiro atoms. The highest BCUT2D eigenvalue weighted by atomic mass is 32.1. The third kappa shape index (κ3) is 3.13. The molecule has 2 aromatic heterocycles. The summed E-state index contributed by atoms with van der Waals surface area (Å²) in [4.78, 5) is 20.2. The summed E-state index contributed by atoms with van der Waals surface area (Å²) in [6.45, 7) is 4.60. The summed E-state index contributed by atoms with van der Waals surface area (Å²) in [5, 5.41) is 5.62. The smallest absolute Gasteiger partial charge is 0.271 e. The van der Waals surface area contributed by atoms with Crippen LogP contribution in [-0.2, 0) is 6.54 Å². The monoisotopic (exact) mass is 261 g/mol. The number of hydrogen-bond donors (Lipinski definition) is 1. The van der Waals surface area contributed by atoms with Crippen molar-refractivity contribution < 1.29 is 4.79 Å². The van der Waals surface area contributed by atoms with E-state index in [0.29, 0.717) is 18.2 Å². The lowest BCUT2D eigenvalue weighted by Crippen LogP contribution is -2.23. The molecule has 0 aliphatic carbocycles. The fourth-order valence-electron chi connectivity index (χ4n) is 1.43. The summed E-state index contributed by atoms with van der Waals surface area (Å²) >= 11 is 1.52. The SMILES string of the molecule is CC(C)c1nc(C(=O)NCc2cccnc2)cs1. The van der Waals surface area contributed by atoms with E-state index in [1.54, 1.807) is 17.8 Å². The molecule has 0 bridgehead atoms. The van der Waals surface area contributed by atoms with Gasteiger partial charge in [-0.25, -0.2) is 4.98 Å². The van der Waals surface area contributed by atoms with Crippen molar-refractivity contribution in [1.82, 2.24) is 15.3 Å². The molecule has 1 amide bonds. The van der Waals surface area contributed by atoms with Crippen molar-refractivity contribution in [3.8, 4) is 0 Å². The van der Waals surface area contributed by atoms with Crippen LogP contribution in [0, 0.1) is 0 Å². The summed E-state index contributed by atoms with van der Waals surface area (Å²) in [7, 11) is 0. The Morgan fingerprint density at radius 3 is 2.94 bits per heavy atom. The van der Waals surface area contributed by atoms with Crippen LogP contribution >= 0.6 is 11.3 Å². The van der Waals surface area contributed by atoms with Gasteiger partial charge in [-0.05, 0) is 11.6 Å². The van der Waals surface area contributed by atoms with Crippen molar-refractivity contribution in [3.05, 3.63) is 46.2 Å². The summed E-state index contributed by atoms with van der Waals surface area (Å²) in [5.74, 6) is 0.219. The van der Waals surface area contributed by atoms with E-state index in [9.17, 15) is 4.79 Å². The molecule has 0 radical (unpaired) electrons. The fraction of sp³-hybridized carbons (Fsp3) is 0.308. The molecule has 0 unspecified atom stereocenters. The molecular formula is C13H15N3OS. The number of amides is 1. The third-order valence-corrected chi connectivity index (χ3v) is 3.57. The average Bonchev–Trinajstić information content (AvgIpc) is 2.87. The Balaban J connectivity index is 1.95. The van der Waals surface area contributed by atoms with E-state index in [4.69, 9.17) is 0 Å². The number of rotatable bonds is 4. The van der Waals surface area contributed by atoms with Crippen molar-refractivity contribution in [2.75, 3.05) is 0 Å². The minimum atomic E-state index is -0.137. The van der Waals surface area contributed by atoms with Crippen LogP contribution in [0.15, 0.2) is 29.9 Å². The minimum Gasteiger partial charge on any atom is -0.347 e. The lowest BCUT2D eigenvalue weighted by atomic mass is 10.2. The van der Waals surface area contributed by atoms with Crippen LogP contribution in [-0.4, -0.2) is 15.9 Å². The predicted octanol–water partition coefficient (Wildman–Crippen LogP) is 2.59. The molecule has 0 saturated heterocycles. The molecule has 2 aromatic rings. The molecule has 18 heavy (non-hydrogen) atoms. The van der Waals surface area contributed by atoms with Gasteiger partial charge in [0.25, 0.3) is 5.91 Å². The van der Waals surface area contributed by atoms with Crippen LogP contribution in [0.1, 0.15) is 40.8 Å². The summed E-state index contributed by atoms with van der Waals surface area (Å²) in [5.41, 5.74) is 1.47. The van der Waals surface area contributed by atoms with E-state index in [1.807, 2.05) is 12.1 Å². The number of hydrogen-bond acceptors (Lipinski definition) is 4. The predicted molar refractivity (Wildman–Crippen MR) is 71.6 cm³/mol. The molecule has 0 fully saturated rings. The van der Waals surface area contributed by atoms with Gasteiger partial charge in [0.1, 0.15) is 5.69 Å². The second kappa shape index (κ2) is 5.73. The van der Waals surface area contributed by atoms with Crippen LogP contribution in [0.4, 0.5) is 0 Å². The maximum Gasteiger partial charge on any atom is 0.271 e. The Labute approximate surface area is 110 Å². The Morgan fingerprint density at radius 2 is 2.33 bits per heavy atom. The molecular weight excluding hydrogens is 246 g/mol. The zero-order valence-corrected chi connectivity index (χ0v) is 11.2. The van der Waals surface area contributed by atoms with Gasteiger partial charge in [-0.1, -0.05) is 19.9 Å². The normalized spacial score (nSPS) is 10.6. The Bertz CT molecular complexity index is 522. The number of carbonyl (C=O) groups is 1. The van der Waals surface area contributed by atoms with Gasteiger partial charge in [0, 0.05) is 30.2 Å². The van der Waals surface area contributed by atoms with Gasteiger partial charge in [0.2, 0.25) is 0 Å². The molecule has 2 rings (SSSR count). The molecule has 4 nitrogen and oxygen atoms in total. The first-order chi connectivity index (χ1) is 8.66. The van der Waals surface area contributed by atoms with Crippen LogP contribution < -0.4 is 5.32 Å². The highest BCUT2D eigenvalue weighted by Crippen LogP contribution is 2.18. The lowest BCUT2D eigenvalue weighted by Gasteiger charge is -2.02. The molecule has 5 heteroatoms. The van der Waals surface area contributed by atoms with Crippen LogP contribution in [0.2, 0.25) is 0 Å². The van der Waals surface area contributed by atoms with Gasteiger partial charge in [-0.3, -0.25) is 9.78 Å². The summed E-state index contributed by atoms with van der Waals surface area (Å²) in [6, 6.07) is 3.77. The molecule has 0 aromatic carbocycles. The van der Waals surface area contributed by atoms with Gasteiger partial charge < -0.3 is 5.32 Å². The summed E-state index contributed by atoms with van der Waals surface area (Å²) in [6.07, 6.45) is 3.45. The highest BCUT2D eigenvalue weighted by molar-refractivity contribution is 7.09. The molecule has 0 saturated carbocycles.